The minimum Gasteiger partial charge on any atom is -0.358 e. The summed E-state index contributed by atoms with van der Waals surface area (Å²) in [5.41, 5.74) is 0. The molecule has 0 aromatic carbocycles. The van der Waals surface area contributed by atoms with Crippen molar-refractivity contribution in [1.29, 1.82) is 0 Å². The van der Waals surface area contributed by atoms with E-state index in [-0.39, 0.29) is 7.43 Å². The summed E-state index contributed by atoms with van der Waals surface area (Å²) in [4.78, 5) is 0. The molecule has 5 heavy (non-hydrogen) atoms. The minimum absolute atomic E-state index is 0. The summed E-state index contributed by atoms with van der Waals surface area (Å²) < 4.78 is 0. The Labute approximate surface area is 28.8 Å². The van der Waals surface area contributed by atoms with Crippen molar-refractivity contribution in [3.63, 3.8) is 0 Å². The van der Waals surface area contributed by atoms with Gasteiger partial charge in [-0.25, -0.2) is 0 Å². The van der Waals surface area contributed by atoms with Crippen LogP contribution in [0.4, 0.5) is 0 Å². The van der Waals surface area contributed by atoms with Gasteiger partial charge in [0.2, 0.25) is 0 Å². The van der Waals surface area contributed by atoms with Crippen LogP contribution in [-0.2, 0) is 0 Å². The second-order valence-electron chi connectivity index (χ2n) is 0.500. The molecule has 0 rings (SSSR count). The molecule has 0 atom stereocenters. The number of hydrogen-bond donors (Lipinski definition) is 0. The first-order valence-electron chi connectivity index (χ1n) is 1.21. The van der Waals surface area contributed by atoms with Gasteiger partial charge in [0.15, 0.2) is 0 Å². The molecule has 0 nitrogen and oxygen atoms in total. The Kier molecular flexibility index (Phi) is 0. The quantitative estimate of drug-likeness (QED) is 0.595. The maximum atomic E-state index is 3.49. The van der Waals surface area contributed by atoms with Gasteiger partial charge in [-0.15, -0.1) is 0 Å². The molecule has 0 spiro atoms. The van der Waals surface area contributed by atoms with Crippen molar-refractivity contribution in [3.8, 4) is 0 Å². The van der Waals surface area contributed by atoms with Crippen LogP contribution in [0, 0.1) is 14.4 Å². The molecule has 1 heteroatoms. The summed E-state index contributed by atoms with van der Waals surface area (Å²) in [6.45, 7) is 5.50. The predicted molar refractivity (Wildman–Crippen MR) is 22.1 cm³/mol. The fraction of sp³-hybridized carbons (Fsp3) is 0.500. The Morgan fingerprint density at radius 2 is 1.60 bits per heavy atom. The van der Waals surface area contributed by atoms with E-state index in [4.69, 9.17) is 0 Å². The first-order valence-corrected chi connectivity index (χ1v) is 1.21. The molecule has 0 unspecified atom stereocenters. The van der Waals surface area contributed by atoms with Crippen molar-refractivity contribution in [1.82, 2.24) is 0 Å². The topological polar surface area (TPSA) is 0 Å². The molecule has 0 heterocycles. The van der Waals surface area contributed by atoms with Gasteiger partial charge in [0.1, 0.15) is 0 Å². The second kappa shape index (κ2) is 0. The Hall–Kier alpha value is -1.00. The normalized spacial score (nSPS) is 3.60. The third-order valence-electron chi connectivity index (χ3n) is 0. The minimum atomic E-state index is 0. The van der Waals surface area contributed by atoms with Crippen molar-refractivity contribution in [3.05, 3.63) is 14.4 Å². The van der Waals surface area contributed by atoms with Crippen LogP contribution in [0.5, 0.6) is 0 Å². The van der Waals surface area contributed by atoms with Crippen LogP contribution >= 0.6 is 0 Å². The molecule has 0 saturated carbocycles. The summed E-state index contributed by atoms with van der Waals surface area (Å²) >= 11 is 0. The largest absolute Gasteiger partial charge is 0.358 e. The first kappa shape index (κ1) is 36.0. The standard InChI is InChI=1S/C3H7.CH3.Rf/c1-3-2;;/h1,3H2,2H3;1H3;/q2*-1;. The zero-order valence-corrected chi connectivity index (χ0v) is 10.5. The summed E-state index contributed by atoms with van der Waals surface area (Å²) in [5, 5.41) is 0. The molecule has 0 radical (unpaired) electrons. The average molecular weight is 325 g/mol. The van der Waals surface area contributed by atoms with Crippen LogP contribution in [0.1, 0.15) is 13.3 Å². The molecular weight excluding hydrogens is 315 g/mol. The average Bonchev–Trinajstić information content (AvgIpc) is 0.918. The van der Waals surface area contributed by atoms with Gasteiger partial charge in [-0.1, -0.05) is 6.92 Å². The zero-order chi connectivity index (χ0) is 2.71. The van der Waals surface area contributed by atoms with Crippen molar-refractivity contribution < 1.29 is 0 Å². The van der Waals surface area contributed by atoms with E-state index >= 15 is 0 Å². The van der Waals surface area contributed by atoms with Crippen LogP contribution in [0.25, 0.3) is 0 Å². The van der Waals surface area contributed by atoms with Crippen LogP contribution in [0.3, 0.4) is 0 Å². The first-order chi connectivity index (χ1) is 1.41. The smallest absolute Gasteiger partial charge is 0 e. The van der Waals surface area contributed by atoms with Gasteiger partial charge in [0, 0.05) is 0 Å². The van der Waals surface area contributed by atoms with E-state index in [1.165, 1.54) is 0 Å². The monoisotopic (exact) mass is 325 g/mol. The van der Waals surface area contributed by atoms with Crippen LogP contribution in [0.2, 0.25) is 0 Å². The summed E-state index contributed by atoms with van der Waals surface area (Å²) in [5.74, 6) is 0. The van der Waals surface area contributed by atoms with Crippen LogP contribution in [-0.4, -0.2) is 0 Å². The number of rotatable bonds is 0. The third-order valence-corrected chi connectivity index (χ3v) is 0. The molecule has 0 bridgehead atoms. The SMILES string of the molecule is [CH2-]CC.[CH3-].[Rf]. The van der Waals surface area contributed by atoms with Gasteiger partial charge in [0.25, 0.3) is 0 Å². The molecule has 0 saturated heterocycles. The Morgan fingerprint density at radius 1 is 1.60 bits per heavy atom. The third kappa shape index (κ3) is 3.00. The predicted octanol–water partition coefficient (Wildman–Crippen LogP) is 1.68. The van der Waals surface area contributed by atoms with E-state index < -0.39 is 0 Å². The molecule has 0 aromatic heterocycles. The molecule has 0 aliphatic heterocycles. The maximum Gasteiger partial charge on any atom is 0 e. The van der Waals surface area contributed by atoms with Gasteiger partial charge in [-0.2, -0.15) is 6.42 Å². The van der Waals surface area contributed by atoms with Gasteiger partial charge >= 0.3 is 0 Å². The van der Waals surface area contributed by atoms with E-state index in [0.717, 1.165) is 6.42 Å². The molecule has 30 valence electrons. The van der Waals surface area contributed by atoms with Crippen molar-refractivity contribution in [2.75, 3.05) is 0 Å². The van der Waals surface area contributed by atoms with Crippen molar-refractivity contribution >= 4 is 0 Å². The van der Waals surface area contributed by atoms with Crippen LogP contribution in [0.15, 0.2) is 0 Å². The zero-order valence-electron chi connectivity index (χ0n) is 4.12. The van der Waals surface area contributed by atoms with Crippen LogP contribution < -0.4 is 0 Å². The van der Waals surface area contributed by atoms with E-state index in [2.05, 4.69) is 6.92 Å². The summed E-state index contributed by atoms with van der Waals surface area (Å²) in [6.07, 6.45) is 1.00. The second-order valence-corrected chi connectivity index (χ2v) is 0.500. The maximum absolute atomic E-state index is 3.49. The number of hydrogen-bond acceptors (Lipinski definition) is 0. The molecule has 0 aliphatic rings. The van der Waals surface area contributed by atoms with E-state index in [0.29, 0.717) is 0 Å². The molecule has 0 amide bonds. The Balaban J connectivity index is -0.0000000200. The molecule has 0 aliphatic carbocycles. The Morgan fingerprint density at radius 3 is 1.60 bits per heavy atom. The molecule has 0 fully saturated rings. The summed E-state index contributed by atoms with van der Waals surface area (Å²) in [7, 11) is 0. The van der Waals surface area contributed by atoms with Gasteiger partial charge in [-0.05, 0) is 0 Å². The van der Waals surface area contributed by atoms with E-state index in [1.54, 1.807) is 0 Å². The molecule has 0 N–H and O–H groups in total. The van der Waals surface area contributed by atoms with E-state index in [1.807, 2.05) is 6.92 Å². The fourth-order valence-electron chi connectivity index (χ4n) is 0. The van der Waals surface area contributed by atoms with Gasteiger partial charge < -0.3 is 14.4 Å². The molecular formula is C4H10Rf-2. The Bertz CT molecular complexity index is 3.61. The van der Waals surface area contributed by atoms with Crippen molar-refractivity contribution in [2.24, 2.45) is 0 Å². The van der Waals surface area contributed by atoms with E-state index in [9.17, 15) is 0 Å². The fourth-order valence-corrected chi connectivity index (χ4v) is 0. The van der Waals surface area contributed by atoms with Gasteiger partial charge in [0.05, 0.1) is 0 Å². The summed E-state index contributed by atoms with van der Waals surface area (Å²) in [6, 6.07) is 0. The van der Waals surface area contributed by atoms with Crippen molar-refractivity contribution in [2.45, 2.75) is 13.3 Å². The molecule has 0 aromatic rings. The van der Waals surface area contributed by atoms with Gasteiger partial charge in [-0.3, -0.25) is 0 Å².